The molecule has 0 spiro atoms. The number of aromatic nitrogens is 1. The van der Waals surface area contributed by atoms with Gasteiger partial charge in [0.2, 0.25) is 5.88 Å². The van der Waals surface area contributed by atoms with Crippen LogP contribution >= 0.6 is 11.3 Å². The summed E-state index contributed by atoms with van der Waals surface area (Å²) in [5.74, 6) is -0.272. The first-order chi connectivity index (χ1) is 8.61. The number of benzene rings is 1. The van der Waals surface area contributed by atoms with Crippen molar-refractivity contribution in [1.82, 2.24) is 4.98 Å². The van der Waals surface area contributed by atoms with Gasteiger partial charge in [-0.05, 0) is 26.0 Å². The number of esters is 1. The van der Waals surface area contributed by atoms with Gasteiger partial charge < -0.3 is 9.84 Å². The molecule has 94 valence electrons. The van der Waals surface area contributed by atoms with Crippen LogP contribution in [0.3, 0.4) is 0 Å². The van der Waals surface area contributed by atoms with E-state index in [2.05, 4.69) is 4.98 Å². The molecule has 1 aromatic heterocycles. The Morgan fingerprint density at radius 3 is 2.56 bits per heavy atom. The monoisotopic (exact) mass is 263 g/mol. The summed E-state index contributed by atoms with van der Waals surface area (Å²) in [6.45, 7) is 3.94. The average Bonchev–Trinajstić information content (AvgIpc) is 2.70. The largest absolute Gasteiger partial charge is 0.492 e. The molecule has 0 atom stereocenters. The number of aromatic hydroxyl groups is 1. The molecule has 4 nitrogen and oxygen atoms in total. The summed E-state index contributed by atoms with van der Waals surface area (Å²) in [5.41, 5.74) is 1.38. The van der Waals surface area contributed by atoms with Crippen LogP contribution in [0.25, 0.3) is 10.6 Å². The van der Waals surface area contributed by atoms with E-state index in [1.807, 2.05) is 6.92 Å². The van der Waals surface area contributed by atoms with E-state index < -0.39 is 0 Å². The summed E-state index contributed by atoms with van der Waals surface area (Å²) in [6, 6.07) is 6.98. The molecular weight excluding hydrogens is 250 g/mol. The van der Waals surface area contributed by atoms with Crippen molar-refractivity contribution in [2.45, 2.75) is 13.8 Å². The van der Waals surface area contributed by atoms with Crippen LogP contribution in [0.1, 0.15) is 22.2 Å². The Kier molecular flexibility index (Phi) is 3.62. The summed E-state index contributed by atoms with van der Waals surface area (Å²) < 4.78 is 4.90. The van der Waals surface area contributed by atoms with E-state index in [0.29, 0.717) is 12.2 Å². The van der Waals surface area contributed by atoms with Gasteiger partial charge in [0, 0.05) is 5.56 Å². The summed E-state index contributed by atoms with van der Waals surface area (Å²) in [5, 5.41) is 10.2. The Bertz CT molecular complexity index is 541. The van der Waals surface area contributed by atoms with Crippen molar-refractivity contribution >= 4 is 17.3 Å². The van der Waals surface area contributed by atoms with Gasteiger partial charge in [-0.2, -0.15) is 0 Å². The fourth-order valence-electron chi connectivity index (χ4n) is 1.48. The van der Waals surface area contributed by atoms with Gasteiger partial charge in [-0.25, -0.2) is 9.78 Å². The first kappa shape index (κ1) is 12.6. The molecular formula is C13H13NO3S. The number of ether oxygens (including phenoxy) is 1. The molecule has 0 saturated heterocycles. The smallest absolute Gasteiger partial charge is 0.338 e. The second-order valence-electron chi connectivity index (χ2n) is 3.70. The molecule has 0 radical (unpaired) electrons. The zero-order chi connectivity index (χ0) is 13.1. The van der Waals surface area contributed by atoms with E-state index in [4.69, 9.17) is 4.74 Å². The van der Waals surface area contributed by atoms with Crippen LogP contribution in [0.15, 0.2) is 24.3 Å². The Morgan fingerprint density at radius 1 is 1.39 bits per heavy atom. The van der Waals surface area contributed by atoms with Crippen molar-refractivity contribution in [3.8, 4) is 16.5 Å². The summed E-state index contributed by atoms with van der Waals surface area (Å²) >= 11 is 1.41. The van der Waals surface area contributed by atoms with Gasteiger partial charge in [-0.1, -0.05) is 12.1 Å². The van der Waals surface area contributed by atoms with Crippen molar-refractivity contribution in [3.63, 3.8) is 0 Å². The number of hydrogen-bond donors (Lipinski definition) is 1. The molecule has 0 aliphatic heterocycles. The average molecular weight is 263 g/mol. The van der Waals surface area contributed by atoms with Crippen molar-refractivity contribution in [3.05, 3.63) is 34.7 Å². The van der Waals surface area contributed by atoms with Gasteiger partial charge >= 0.3 is 5.97 Å². The molecule has 2 rings (SSSR count). The van der Waals surface area contributed by atoms with E-state index in [0.717, 1.165) is 15.4 Å². The summed E-state index contributed by atoms with van der Waals surface area (Å²) in [4.78, 5) is 16.3. The van der Waals surface area contributed by atoms with Crippen LogP contribution in [0.5, 0.6) is 5.88 Å². The second kappa shape index (κ2) is 5.18. The van der Waals surface area contributed by atoms with Gasteiger partial charge in [0.05, 0.1) is 17.0 Å². The zero-order valence-electron chi connectivity index (χ0n) is 10.1. The highest BCUT2D eigenvalue weighted by atomic mass is 32.1. The molecule has 0 amide bonds. The summed E-state index contributed by atoms with van der Waals surface area (Å²) in [6.07, 6.45) is 0. The molecule has 2 aromatic rings. The molecule has 1 N–H and O–H groups in total. The second-order valence-corrected chi connectivity index (χ2v) is 4.90. The molecule has 1 heterocycles. The highest BCUT2D eigenvalue weighted by Crippen LogP contribution is 2.30. The summed E-state index contributed by atoms with van der Waals surface area (Å²) in [7, 11) is 0. The number of rotatable bonds is 3. The van der Waals surface area contributed by atoms with Crippen LogP contribution < -0.4 is 0 Å². The van der Waals surface area contributed by atoms with E-state index in [-0.39, 0.29) is 11.8 Å². The molecule has 0 unspecified atom stereocenters. The number of carbonyl (C=O) groups excluding carboxylic acids is 1. The SMILES string of the molecule is CCOC(=O)c1ccc(-c2nc(O)c(C)s2)cc1. The molecule has 5 heteroatoms. The number of hydrogen-bond acceptors (Lipinski definition) is 5. The molecule has 18 heavy (non-hydrogen) atoms. The highest BCUT2D eigenvalue weighted by molar-refractivity contribution is 7.15. The third-order valence-corrected chi connectivity index (χ3v) is 3.42. The Balaban J connectivity index is 2.24. The standard InChI is InChI=1S/C13H13NO3S/c1-3-17-13(16)10-6-4-9(5-7-10)12-14-11(15)8(2)18-12/h4-7,15H,3H2,1-2H3. The van der Waals surface area contributed by atoms with Crippen LogP contribution in [0, 0.1) is 6.92 Å². The first-order valence-electron chi connectivity index (χ1n) is 5.55. The molecule has 0 aliphatic carbocycles. The third-order valence-electron chi connectivity index (χ3n) is 2.42. The lowest BCUT2D eigenvalue weighted by atomic mass is 10.1. The minimum atomic E-state index is -0.331. The van der Waals surface area contributed by atoms with E-state index in [1.165, 1.54) is 11.3 Å². The predicted molar refractivity (Wildman–Crippen MR) is 69.9 cm³/mol. The van der Waals surface area contributed by atoms with E-state index in [1.54, 1.807) is 31.2 Å². The minimum Gasteiger partial charge on any atom is -0.492 e. The molecule has 0 saturated carbocycles. The normalized spacial score (nSPS) is 10.3. The van der Waals surface area contributed by atoms with Gasteiger partial charge in [0.15, 0.2) is 0 Å². The maximum atomic E-state index is 11.5. The van der Waals surface area contributed by atoms with Gasteiger partial charge in [0.1, 0.15) is 5.01 Å². The Labute approximate surface area is 109 Å². The van der Waals surface area contributed by atoms with E-state index >= 15 is 0 Å². The maximum absolute atomic E-state index is 11.5. The third kappa shape index (κ3) is 2.51. The lowest BCUT2D eigenvalue weighted by Crippen LogP contribution is -2.03. The molecule has 1 aromatic carbocycles. The maximum Gasteiger partial charge on any atom is 0.338 e. The lowest BCUT2D eigenvalue weighted by Gasteiger charge is -2.02. The fraction of sp³-hybridized carbons (Fsp3) is 0.231. The number of carbonyl (C=O) groups is 1. The highest BCUT2D eigenvalue weighted by Gasteiger charge is 2.10. The first-order valence-corrected chi connectivity index (χ1v) is 6.37. The number of aryl methyl sites for hydroxylation is 1. The van der Waals surface area contributed by atoms with Crippen molar-refractivity contribution in [2.75, 3.05) is 6.61 Å². The minimum absolute atomic E-state index is 0.0597. The number of thiazole rings is 1. The van der Waals surface area contributed by atoms with Crippen molar-refractivity contribution in [1.29, 1.82) is 0 Å². The van der Waals surface area contributed by atoms with Crippen LogP contribution in [0.2, 0.25) is 0 Å². The zero-order valence-corrected chi connectivity index (χ0v) is 11.0. The van der Waals surface area contributed by atoms with Crippen molar-refractivity contribution in [2.24, 2.45) is 0 Å². The number of nitrogens with zero attached hydrogens (tertiary/aromatic N) is 1. The predicted octanol–water partition coefficient (Wildman–Crippen LogP) is 3.00. The van der Waals surface area contributed by atoms with Gasteiger partial charge in [-0.3, -0.25) is 0 Å². The molecule has 0 aliphatic rings. The van der Waals surface area contributed by atoms with Crippen LogP contribution in [0.4, 0.5) is 0 Å². The van der Waals surface area contributed by atoms with E-state index in [9.17, 15) is 9.90 Å². The Hall–Kier alpha value is -1.88. The van der Waals surface area contributed by atoms with Gasteiger partial charge in [-0.15, -0.1) is 11.3 Å². The van der Waals surface area contributed by atoms with Crippen molar-refractivity contribution < 1.29 is 14.6 Å². The van der Waals surface area contributed by atoms with Crippen LogP contribution in [-0.4, -0.2) is 22.7 Å². The molecule has 0 bridgehead atoms. The molecule has 0 fully saturated rings. The van der Waals surface area contributed by atoms with Crippen LogP contribution in [-0.2, 0) is 4.74 Å². The topological polar surface area (TPSA) is 59.4 Å². The Morgan fingerprint density at radius 2 is 2.06 bits per heavy atom. The lowest BCUT2D eigenvalue weighted by molar-refractivity contribution is 0.0526. The van der Waals surface area contributed by atoms with Gasteiger partial charge in [0.25, 0.3) is 0 Å². The fourth-order valence-corrected chi connectivity index (χ4v) is 2.29. The quantitative estimate of drug-likeness (QED) is 0.865.